The summed E-state index contributed by atoms with van der Waals surface area (Å²) in [6.07, 6.45) is 2.87. The zero-order valence-electron chi connectivity index (χ0n) is 11.6. The van der Waals surface area contributed by atoms with Crippen molar-refractivity contribution in [1.29, 1.82) is 0 Å². The highest BCUT2D eigenvalue weighted by atomic mass is 32.2. The van der Waals surface area contributed by atoms with Gasteiger partial charge in [0.15, 0.2) is 0 Å². The Hall–Kier alpha value is -0.220. The zero-order valence-corrected chi connectivity index (χ0v) is 12.4. The molecule has 0 aliphatic heterocycles. The van der Waals surface area contributed by atoms with E-state index in [0.29, 0.717) is 16.4 Å². The zero-order chi connectivity index (χ0) is 13.1. The van der Waals surface area contributed by atoms with Crippen LogP contribution < -0.4 is 5.32 Å². The van der Waals surface area contributed by atoms with Crippen LogP contribution in [-0.2, 0) is 9.53 Å². The topological polar surface area (TPSA) is 38.3 Å². The number of hydrogen-bond donors (Lipinski definition) is 1. The van der Waals surface area contributed by atoms with Crippen molar-refractivity contribution in [3.63, 3.8) is 0 Å². The number of thioether (sulfide) groups is 1. The van der Waals surface area contributed by atoms with Crippen LogP contribution in [0.5, 0.6) is 0 Å². The van der Waals surface area contributed by atoms with E-state index < -0.39 is 5.54 Å². The van der Waals surface area contributed by atoms with E-state index >= 15 is 0 Å². The van der Waals surface area contributed by atoms with Crippen LogP contribution in [0.2, 0.25) is 0 Å². The quantitative estimate of drug-likeness (QED) is 0.770. The normalized spacial score (nSPS) is 30.6. The van der Waals surface area contributed by atoms with E-state index in [1.807, 2.05) is 18.8 Å². The lowest BCUT2D eigenvalue weighted by atomic mass is 9.98. The Morgan fingerprint density at radius 2 is 2.12 bits per heavy atom. The summed E-state index contributed by atoms with van der Waals surface area (Å²) in [7, 11) is 3.33. The van der Waals surface area contributed by atoms with Gasteiger partial charge in [0.2, 0.25) is 0 Å². The fraction of sp³-hybridized carbons (Fsp3) is 0.923. The predicted molar refractivity (Wildman–Crippen MR) is 73.3 cm³/mol. The molecule has 0 aromatic heterocycles. The summed E-state index contributed by atoms with van der Waals surface area (Å²) in [5.74, 6) is 0.572. The minimum Gasteiger partial charge on any atom is -0.468 e. The van der Waals surface area contributed by atoms with E-state index in [0.717, 1.165) is 19.3 Å². The molecule has 3 unspecified atom stereocenters. The van der Waals surface area contributed by atoms with E-state index in [4.69, 9.17) is 4.74 Å². The third-order valence-electron chi connectivity index (χ3n) is 3.87. The minimum atomic E-state index is -0.441. The number of nitrogens with one attached hydrogen (secondary N) is 1. The second-order valence-electron chi connectivity index (χ2n) is 5.27. The predicted octanol–water partition coefficient (Wildman–Crippen LogP) is 2.45. The number of rotatable bonds is 5. The van der Waals surface area contributed by atoms with Crippen molar-refractivity contribution in [1.82, 2.24) is 5.32 Å². The molecule has 0 saturated heterocycles. The molecule has 0 aromatic rings. The van der Waals surface area contributed by atoms with Crippen LogP contribution in [-0.4, -0.2) is 36.2 Å². The molecule has 0 aromatic carbocycles. The van der Waals surface area contributed by atoms with Crippen molar-refractivity contribution in [2.75, 3.05) is 14.2 Å². The molecule has 0 bridgehead atoms. The molecule has 1 saturated carbocycles. The SMILES string of the molecule is CNC1(C(=O)OC)CCC(SC(C)C(C)C)C1. The molecule has 1 fully saturated rings. The summed E-state index contributed by atoms with van der Waals surface area (Å²) < 4.78 is 4.92. The van der Waals surface area contributed by atoms with E-state index in [2.05, 4.69) is 26.1 Å². The molecule has 1 rings (SSSR count). The summed E-state index contributed by atoms with van der Waals surface area (Å²) in [4.78, 5) is 11.8. The monoisotopic (exact) mass is 259 g/mol. The van der Waals surface area contributed by atoms with Crippen LogP contribution in [0.4, 0.5) is 0 Å². The summed E-state index contributed by atoms with van der Waals surface area (Å²) in [6, 6.07) is 0. The Bertz CT molecular complexity index is 270. The molecule has 0 spiro atoms. The Labute approximate surface area is 109 Å². The van der Waals surface area contributed by atoms with Gasteiger partial charge in [-0.05, 0) is 32.2 Å². The molecular formula is C13H25NO2S. The van der Waals surface area contributed by atoms with Gasteiger partial charge in [-0.15, -0.1) is 0 Å². The van der Waals surface area contributed by atoms with Gasteiger partial charge in [-0.25, -0.2) is 0 Å². The second kappa shape index (κ2) is 6.10. The van der Waals surface area contributed by atoms with Crippen LogP contribution in [0.1, 0.15) is 40.0 Å². The van der Waals surface area contributed by atoms with E-state index in [1.54, 1.807) is 0 Å². The molecule has 1 N–H and O–H groups in total. The van der Waals surface area contributed by atoms with Gasteiger partial charge in [0.05, 0.1) is 7.11 Å². The van der Waals surface area contributed by atoms with Crippen molar-refractivity contribution in [3.8, 4) is 0 Å². The number of ether oxygens (including phenoxy) is 1. The Morgan fingerprint density at radius 1 is 1.47 bits per heavy atom. The molecule has 100 valence electrons. The molecule has 0 radical (unpaired) electrons. The van der Waals surface area contributed by atoms with Gasteiger partial charge < -0.3 is 10.1 Å². The van der Waals surface area contributed by atoms with Crippen LogP contribution in [0, 0.1) is 5.92 Å². The van der Waals surface area contributed by atoms with Gasteiger partial charge >= 0.3 is 5.97 Å². The van der Waals surface area contributed by atoms with Gasteiger partial charge in [0.25, 0.3) is 0 Å². The number of carbonyl (C=O) groups is 1. The fourth-order valence-corrected chi connectivity index (χ4v) is 3.84. The lowest BCUT2D eigenvalue weighted by molar-refractivity contribution is -0.148. The van der Waals surface area contributed by atoms with Crippen LogP contribution >= 0.6 is 11.8 Å². The standard InChI is InChI=1S/C13H25NO2S/c1-9(2)10(3)17-11-6-7-13(8-11,14-4)12(15)16-5/h9-11,14H,6-8H2,1-5H3. The molecular weight excluding hydrogens is 234 g/mol. The van der Waals surface area contributed by atoms with Crippen molar-refractivity contribution in [2.24, 2.45) is 5.92 Å². The largest absolute Gasteiger partial charge is 0.468 e. The number of esters is 1. The third kappa shape index (κ3) is 3.38. The molecule has 4 heteroatoms. The molecule has 3 nitrogen and oxygen atoms in total. The molecule has 17 heavy (non-hydrogen) atoms. The maximum absolute atomic E-state index is 11.8. The molecule has 0 heterocycles. The van der Waals surface area contributed by atoms with Gasteiger partial charge in [-0.1, -0.05) is 20.8 Å². The first-order valence-corrected chi connectivity index (χ1v) is 7.32. The Morgan fingerprint density at radius 3 is 2.59 bits per heavy atom. The Balaban J connectivity index is 2.58. The highest BCUT2D eigenvalue weighted by molar-refractivity contribution is 8.00. The van der Waals surface area contributed by atoms with Gasteiger partial charge in [-0.2, -0.15) is 11.8 Å². The lowest BCUT2D eigenvalue weighted by Gasteiger charge is -2.26. The minimum absolute atomic E-state index is 0.111. The molecule has 1 aliphatic carbocycles. The van der Waals surface area contributed by atoms with E-state index in [-0.39, 0.29) is 5.97 Å². The number of likely N-dealkylation sites (N-methyl/N-ethyl adjacent to an activating group) is 1. The molecule has 1 aliphatic rings. The van der Waals surface area contributed by atoms with Crippen LogP contribution in [0.15, 0.2) is 0 Å². The number of hydrogen-bond acceptors (Lipinski definition) is 4. The average Bonchev–Trinajstić information content (AvgIpc) is 2.72. The average molecular weight is 259 g/mol. The molecule has 0 amide bonds. The maximum atomic E-state index is 11.8. The highest BCUT2D eigenvalue weighted by Gasteiger charge is 2.45. The smallest absolute Gasteiger partial charge is 0.326 e. The second-order valence-corrected chi connectivity index (χ2v) is 6.96. The van der Waals surface area contributed by atoms with E-state index in [1.165, 1.54) is 7.11 Å². The third-order valence-corrected chi connectivity index (χ3v) is 5.63. The number of methoxy groups -OCH3 is 1. The van der Waals surface area contributed by atoms with Crippen molar-refractivity contribution >= 4 is 17.7 Å². The maximum Gasteiger partial charge on any atom is 0.326 e. The van der Waals surface area contributed by atoms with Crippen molar-refractivity contribution in [2.45, 2.75) is 56.1 Å². The first kappa shape index (κ1) is 14.8. The summed E-state index contributed by atoms with van der Waals surface area (Å²) >= 11 is 2.01. The van der Waals surface area contributed by atoms with Crippen LogP contribution in [0.3, 0.4) is 0 Å². The fourth-order valence-electron chi connectivity index (χ4n) is 2.29. The van der Waals surface area contributed by atoms with E-state index in [9.17, 15) is 4.79 Å². The molecule has 3 atom stereocenters. The summed E-state index contributed by atoms with van der Waals surface area (Å²) in [6.45, 7) is 6.77. The first-order valence-electron chi connectivity index (χ1n) is 6.38. The van der Waals surface area contributed by atoms with Crippen molar-refractivity contribution in [3.05, 3.63) is 0 Å². The van der Waals surface area contributed by atoms with Gasteiger partial charge in [0, 0.05) is 10.5 Å². The van der Waals surface area contributed by atoms with Crippen LogP contribution in [0.25, 0.3) is 0 Å². The van der Waals surface area contributed by atoms with Gasteiger partial charge in [0.1, 0.15) is 5.54 Å². The first-order chi connectivity index (χ1) is 7.95. The van der Waals surface area contributed by atoms with Crippen molar-refractivity contribution < 1.29 is 9.53 Å². The summed E-state index contributed by atoms with van der Waals surface area (Å²) in [5, 5.41) is 4.38. The lowest BCUT2D eigenvalue weighted by Crippen LogP contribution is -2.49. The summed E-state index contributed by atoms with van der Waals surface area (Å²) in [5.41, 5.74) is -0.441. The number of carbonyl (C=O) groups excluding carboxylic acids is 1. The highest BCUT2D eigenvalue weighted by Crippen LogP contribution is 2.40. The van der Waals surface area contributed by atoms with Gasteiger partial charge in [-0.3, -0.25) is 4.79 Å². The Kier molecular flexibility index (Phi) is 5.32.